The van der Waals surface area contributed by atoms with Crippen molar-refractivity contribution in [3.05, 3.63) is 76.3 Å². The Kier molecular flexibility index (Phi) is 8.96. The molecule has 0 spiro atoms. The van der Waals surface area contributed by atoms with Crippen LogP contribution < -0.4 is 15.4 Å². The van der Waals surface area contributed by atoms with Crippen LogP contribution in [0.3, 0.4) is 0 Å². The fourth-order valence-corrected chi connectivity index (χ4v) is 6.26. The van der Waals surface area contributed by atoms with Gasteiger partial charge in [-0.05, 0) is 56.2 Å². The molecule has 13 heteroatoms. The van der Waals surface area contributed by atoms with E-state index in [9.17, 15) is 28.8 Å². The molecule has 0 saturated carbocycles. The average molecular weight is 636 g/mol. The summed E-state index contributed by atoms with van der Waals surface area (Å²) in [4.78, 5) is 82.7. The number of halogens is 1. The van der Waals surface area contributed by atoms with Crippen LogP contribution in [0.2, 0.25) is 5.02 Å². The lowest BCUT2D eigenvalue weighted by atomic mass is 9.95. The number of amides is 6. The lowest BCUT2D eigenvalue weighted by Crippen LogP contribution is -2.64. The molecule has 2 aromatic carbocycles. The number of carbonyl (C=O) groups is 6. The van der Waals surface area contributed by atoms with Gasteiger partial charge in [0.25, 0.3) is 11.8 Å². The minimum Gasteiger partial charge on any atom is -0.491 e. The molecule has 0 radical (unpaired) electrons. The van der Waals surface area contributed by atoms with E-state index in [-0.39, 0.29) is 60.6 Å². The smallest absolute Gasteiger partial charge is 0.255 e. The van der Waals surface area contributed by atoms with Crippen molar-refractivity contribution in [3.63, 3.8) is 0 Å². The zero-order valence-electron chi connectivity index (χ0n) is 25.2. The topological polar surface area (TPSA) is 145 Å². The molecule has 2 atom stereocenters. The number of fused-ring (bicyclic) bond motifs is 1. The third-order valence-electron chi connectivity index (χ3n) is 8.20. The molecule has 0 bridgehead atoms. The van der Waals surface area contributed by atoms with Gasteiger partial charge in [0.05, 0.1) is 17.2 Å². The highest BCUT2D eigenvalue weighted by Gasteiger charge is 2.46. The normalized spacial score (nSPS) is 18.6. The van der Waals surface area contributed by atoms with Gasteiger partial charge in [0.1, 0.15) is 17.8 Å². The monoisotopic (exact) mass is 635 g/mol. The molecule has 3 aliphatic rings. The molecule has 0 aromatic heterocycles. The summed E-state index contributed by atoms with van der Waals surface area (Å²) in [6.07, 6.45) is 1.32. The van der Waals surface area contributed by atoms with Gasteiger partial charge in [-0.1, -0.05) is 30.3 Å². The summed E-state index contributed by atoms with van der Waals surface area (Å²) in [7, 11) is 1.45. The summed E-state index contributed by atoms with van der Waals surface area (Å²) in [5.74, 6) is -2.28. The lowest BCUT2D eigenvalue weighted by Gasteiger charge is -2.47. The van der Waals surface area contributed by atoms with E-state index in [1.54, 1.807) is 36.4 Å². The first-order valence-electron chi connectivity index (χ1n) is 14.6. The maximum atomic E-state index is 14.6. The van der Waals surface area contributed by atoms with E-state index < -0.39 is 47.7 Å². The van der Waals surface area contributed by atoms with Crippen LogP contribution in [0.4, 0.5) is 0 Å². The summed E-state index contributed by atoms with van der Waals surface area (Å²) in [6, 6.07) is 6.97. The first-order chi connectivity index (χ1) is 21.4. The minimum atomic E-state index is -1.20. The van der Waals surface area contributed by atoms with Crippen LogP contribution in [-0.2, 0) is 25.7 Å². The van der Waals surface area contributed by atoms with Crippen LogP contribution in [0.15, 0.2) is 49.1 Å². The largest absolute Gasteiger partial charge is 0.491 e. The van der Waals surface area contributed by atoms with Gasteiger partial charge in [0.2, 0.25) is 23.6 Å². The fraction of sp³-hybridized carbons (Fsp3) is 0.375. The summed E-state index contributed by atoms with van der Waals surface area (Å²) in [6.45, 7) is 7.53. The summed E-state index contributed by atoms with van der Waals surface area (Å²) in [5.41, 5.74) is 1.19. The number of piperidine rings is 1. The Morgan fingerprint density at radius 2 is 1.89 bits per heavy atom. The number of ether oxygens (including phenoxy) is 1. The summed E-state index contributed by atoms with van der Waals surface area (Å²) >= 11 is 6.72. The summed E-state index contributed by atoms with van der Waals surface area (Å²) in [5, 5.41) is 5.12. The Bertz CT molecular complexity index is 1600. The first-order valence-corrected chi connectivity index (χ1v) is 15.0. The van der Waals surface area contributed by atoms with Gasteiger partial charge in [-0.2, -0.15) is 0 Å². The maximum absolute atomic E-state index is 14.6. The molecule has 45 heavy (non-hydrogen) atoms. The number of imide groups is 1. The van der Waals surface area contributed by atoms with Gasteiger partial charge in [-0.3, -0.25) is 34.1 Å². The fourth-order valence-electron chi connectivity index (χ4n) is 5.99. The van der Waals surface area contributed by atoms with Crippen molar-refractivity contribution in [3.8, 4) is 5.75 Å². The second kappa shape index (κ2) is 12.7. The Balaban J connectivity index is 1.55. The molecular formula is C32H34ClN5O7. The first kappa shape index (κ1) is 31.7. The van der Waals surface area contributed by atoms with E-state index in [1.807, 2.05) is 13.8 Å². The maximum Gasteiger partial charge on any atom is 0.255 e. The number of carbonyl (C=O) groups excluding carboxylic acids is 6. The molecule has 6 amide bonds. The molecule has 2 saturated heterocycles. The van der Waals surface area contributed by atoms with Gasteiger partial charge in [0, 0.05) is 49.8 Å². The second-order valence-corrected chi connectivity index (χ2v) is 11.8. The van der Waals surface area contributed by atoms with Gasteiger partial charge >= 0.3 is 0 Å². The quantitative estimate of drug-likeness (QED) is 0.317. The van der Waals surface area contributed by atoms with Crippen LogP contribution in [-0.4, -0.2) is 88.5 Å². The van der Waals surface area contributed by atoms with Crippen LogP contribution in [0.5, 0.6) is 5.75 Å². The van der Waals surface area contributed by atoms with Gasteiger partial charge in [-0.15, -0.1) is 0 Å². The number of nitrogens with zero attached hydrogens (tertiary/aromatic N) is 3. The molecule has 2 fully saturated rings. The van der Waals surface area contributed by atoms with Crippen LogP contribution in [0, 0.1) is 0 Å². The molecular weight excluding hydrogens is 602 g/mol. The molecule has 0 aliphatic carbocycles. The molecule has 5 rings (SSSR count). The third kappa shape index (κ3) is 6.02. The van der Waals surface area contributed by atoms with E-state index in [0.717, 1.165) is 0 Å². The number of hydrogen-bond donors (Lipinski definition) is 2. The number of likely N-dealkylation sites (N-methyl/N-ethyl adjacent to an activating group) is 1. The molecule has 2 N–H and O–H groups in total. The van der Waals surface area contributed by atoms with Gasteiger partial charge < -0.3 is 24.8 Å². The second-order valence-electron chi connectivity index (χ2n) is 11.4. The minimum absolute atomic E-state index is 0.0332. The van der Waals surface area contributed by atoms with Crippen molar-refractivity contribution in [2.75, 3.05) is 20.1 Å². The van der Waals surface area contributed by atoms with E-state index in [4.69, 9.17) is 16.3 Å². The summed E-state index contributed by atoms with van der Waals surface area (Å²) < 4.78 is 5.76. The van der Waals surface area contributed by atoms with Crippen molar-refractivity contribution in [1.29, 1.82) is 0 Å². The number of likely N-dealkylation sites (tertiary alicyclic amines) is 1. The van der Waals surface area contributed by atoms with Crippen molar-refractivity contribution < 1.29 is 33.5 Å². The molecule has 2 unspecified atom stereocenters. The Hall–Kier alpha value is -4.71. The number of nitrogens with one attached hydrogen (secondary N) is 2. The van der Waals surface area contributed by atoms with Crippen molar-refractivity contribution in [2.24, 2.45) is 0 Å². The van der Waals surface area contributed by atoms with Gasteiger partial charge in [-0.25, -0.2) is 0 Å². The highest BCUT2D eigenvalue weighted by molar-refractivity contribution is 6.31. The standard InChI is InChI=1S/C32H34ClN5O7/c1-5-27(40)36-14-18(15-36)38(28(30(42)34-4)22-10-9-19(13-24(22)33)45-17(2)3)32(44)21-8-6-7-20-23(21)16-37(31(20)43)25-11-12-26(39)35-29(25)41/h5-10,13,17-18,25,28H,1,11-12,14-16H2,2-4H3,(H,34,42)(H,35,39,41). The third-order valence-corrected chi connectivity index (χ3v) is 8.53. The average Bonchev–Trinajstić information content (AvgIpc) is 3.31. The highest BCUT2D eigenvalue weighted by Crippen LogP contribution is 2.37. The predicted molar refractivity (Wildman–Crippen MR) is 163 cm³/mol. The SMILES string of the molecule is C=CC(=O)N1CC(N(C(=O)c2cccc3c2CN(C2CCC(=O)NC2=O)C3=O)C(C(=O)NC)c2ccc(OC(C)C)cc2Cl)C1. The van der Waals surface area contributed by atoms with Crippen LogP contribution in [0.25, 0.3) is 0 Å². The zero-order valence-corrected chi connectivity index (χ0v) is 25.9. The van der Waals surface area contributed by atoms with Crippen molar-refractivity contribution in [1.82, 2.24) is 25.3 Å². The van der Waals surface area contributed by atoms with Gasteiger partial charge in [0.15, 0.2) is 0 Å². The van der Waals surface area contributed by atoms with E-state index in [0.29, 0.717) is 16.9 Å². The number of benzene rings is 2. The Morgan fingerprint density at radius 1 is 1.16 bits per heavy atom. The molecule has 236 valence electrons. The van der Waals surface area contributed by atoms with E-state index in [1.165, 1.54) is 27.8 Å². The van der Waals surface area contributed by atoms with Crippen molar-refractivity contribution >= 4 is 47.0 Å². The molecule has 3 heterocycles. The van der Waals surface area contributed by atoms with Crippen LogP contribution >= 0.6 is 11.6 Å². The molecule has 2 aromatic rings. The van der Waals surface area contributed by atoms with Crippen LogP contribution in [0.1, 0.15) is 64.6 Å². The number of hydrogen-bond acceptors (Lipinski definition) is 7. The number of rotatable bonds is 9. The van der Waals surface area contributed by atoms with E-state index >= 15 is 0 Å². The lowest BCUT2D eigenvalue weighted by molar-refractivity contribution is -0.137. The Labute approximate surface area is 265 Å². The molecule has 12 nitrogen and oxygen atoms in total. The molecule has 3 aliphatic heterocycles. The Morgan fingerprint density at radius 3 is 2.51 bits per heavy atom. The van der Waals surface area contributed by atoms with Crippen molar-refractivity contribution in [2.45, 2.75) is 57.5 Å². The predicted octanol–water partition coefficient (Wildman–Crippen LogP) is 2.21. The zero-order chi connectivity index (χ0) is 32.6. The van der Waals surface area contributed by atoms with E-state index in [2.05, 4.69) is 17.2 Å². The highest BCUT2D eigenvalue weighted by atomic mass is 35.5.